The Labute approximate surface area is 111 Å². The van der Waals surface area contributed by atoms with Crippen LogP contribution in [0.1, 0.15) is 19.5 Å². The van der Waals surface area contributed by atoms with E-state index in [1.54, 1.807) is 4.90 Å². The van der Waals surface area contributed by atoms with Crippen LogP contribution in [0.4, 0.5) is 8.78 Å². The van der Waals surface area contributed by atoms with Gasteiger partial charge in [0.25, 0.3) is 0 Å². The van der Waals surface area contributed by atoms with Crippen molar-refractivity contribution >= 4 is 6.41 Å². The van der Waals surface area contributed by atoms with Gasteiger partial charge in [-0.25, -0.2) is 8.78 Å². The molecular formula is C13H17F2N3O. The number of nitrogens with zero attached hydrogens (tertiary/aromatic N) is 3. The van der Waals surface area contributed by atoms with E-state index >= 15 is 0 Å². The molecule has 0 aromatic carbocycles. The molecule has 0 bridgehead atoms. The summed E-state index contributed by atoms with van der Waals surface area (Å²) in [6, 6.07) is 1.04. The lowest BCUT2D eigenvalue weighted by molar-refractivity contribution is -0.123. The summed E-state index contributed by atoms with van der Waals surface area (Å²) in [5, 5.41) is 0. The maximum Gasteiger partial charge on any atom is 0.210 e. The zero-order valence-electron chi connectivity index (χ0n) is 11.0. The van der Waals surface area contributed by atoms with Gasteiger partial charge in [-0.3, -0.25) is 14.7 Å². The zero-order chi connectivity index (χ0) is 14.0. The number of hydrogen-bond donors (Lipinski definition) is 0. The van der Waals surface area contributed by atoms with Gasteiger partial charge in [0.2, 0.25) is 6.41 Å². The lowest BCUT2D eigenvalue weighted by Gasteiger charge is -2.42. The summed E-state index contributed by atoms with van der Waals surface area (Å²) in [6.07, 6.45) is 1.86. The third-order valence-electron chi connectivity index (χ3n) is 3.54. The molecule has 1 saturated heterocycles. The van der Waals surface area contributed by atoms with Crippen molar-refractivity contribution in [1.82, 2.24) is 14.8 Å². The molecule has 0 radical (unpaired) electrons. The minimum absolute atomic E-state index is 0.0807. The van der Waals surface area contributed by atoms with Gasteiger partial charge < -0.3 is 4.90 Å². The van der Waals surface area contributed by atoms with Crippen molar-refractivity contribution in [3.63, 3.8) is 0 Å². The number of pyridine rings is 1. The number of rotatable bonds is 3. The highest BCUT2D eigenvalue weighted by Crippen LogP contribution is 2.17. The van der Waals surface area contributed by atoms with Crippen molar-refractivity contribution in [2.75, 3.05) is 13.1 Å². The molecule has 1 fully saturated rings. The summed E-state index contributed by atoms with van der Waals surface area (Å²) >= 11 is 0. The van der Waals surface area contributed by atoms with Crippen molar-refractivity contribution in [3.8, 4) is 0 Å². The first-order valence-electron chi connectivity index (χ1n) is 6.26. The molecule has 0 saturated carbocycles. The summed E-state index contributed by atoms with van der Waals surface area (Å²) < 4.78 is 26.4. The fraction of sp³-hybridized carbons (Fsp3) is 0.538. The van der Waals surface area contributed by atoms with Gasteiger partial charge in [-0.15, -0.1) is 0 Å². The van der Waals surface area contributed by atoms with E-state index in [4.69, 9.17) is 0 Å². The van der Waals surface area contributed by atoms with E-state index in [0.29, 0.717) is 19.6 Å². The monoisotopic (exact) mass is 269 g/mol. The zero-order valence-corrected chi connectivity index (χ0v) is 11.0. The Morgan fingerprint density at radius 2 is 2.11 bits per heavy atom. The summed E-state index contributed by atoms with van der Waals surface area (Å²) in [4.78, 5) is 18.4. The summed E-state index contributed by atoms with van der Waals surface area (Å²) in [7, 11) is 0. The van der Waals surface area contributed by atoms with Gasteiger partial charge >= 0.3 is 0 Å². The molecule has 2 heterocycles. The Balaban J connectivity index is 2.08. The van der Waals surface area contributed by atoms with E-state index in [1.807, 2.05) is 18.7 Å². The molecule has 0 unspecified atom stereocenters. The SMILES string of the molecule is C[C@@H]1CN(Cc2ncc(F)cc2F)[C@@H](C)CN1C=O. The first-order valence-corrected chi connectivity index (χ1v) is 6.26. The lowest BCUT2D eigenvalue weighted by Crippen LogP contribution is -2.55. The molecule has 4 nitrogen and oxygen atoms in total. The van der Waals surface area contributed by atoms with Crippen LogP contribution < -0.4 is 0 Å². The van der Waals surface area contributed by atoms with Crippen LogP contribution in [0.15, 0.2) is 12.3 Å². The Hall–Kier alpha value is -1.56. The first-order chi connectivity index (χ1) is 9.01. The number of carbonyl (C=O) groups excluding carboxylic acids is 1. The number of hydrogen-bond acceptors (Lipinski definition) is 3. The first kappa shape index (κ1) is 13.9. The van der Waals surface area contributed by atoms with Gasteiger partial charge in [-0.2, -0.15) is 0 Å². The van der Waals surface area contributed by atoms with Crippen molar-refractivity contribution in [1.29, 1.82) is 0 Å². The van der Waals surface area contributed by atoms with Crippen LogP contribution in [0, 0.1) is 11.6 Å². The average molecular weight is 269 g/mol. The van der Waals surface area contributed by atoms with E-state index in [2.05, 4.69) is 4.98 Å². The van der Waals surface area contributed by atoms with Crippen LogP contribution in [-0.4, -0.2) is 46.4 Å². The molecule has 2 rings (SSSR count). The van der Waals surface area contributed by atoms with Crippen LogP contribution in [0.25, 0.3) is 0 Å². The predicted molar refractivity (Wildman–Crippen MR) is 66.3 cm³/mol. The highest BCUT2D eigenvalue weighted by atomic mass is 19.1. The maximum absolute atomic E-state index is 13.6. The summed E-state index contributed by atoms with van der Waals surface area (Å²) in [6.45, 7) is 5.50. The van der Waals surface area contributed by atoms with E-state index in [-0.39, 0.29) is 17.8 Å². The quantitative estimate of drug-likeness (QED) is 0.778. The predicted octanol–water partition coefficient (Wildman–Crippen LogP) is 1.41. The van der Waals surface area contributed by atoms with Crippen molar-refractivity contribution in [2.45, 2.75) is 32.5 Å². The Bertz CT molecular complexity index is 469. The average Bonchev–Trinajstić information content (AvgIpc) is 2.36. The molecule has 1 aliphatic rings. The van der Waals surface area contributed by atoms with Crippen LogP contribution in [0.2, 0.25) is 0 Å². The fourth-order valence-electron chi connectivity index (χ4n) is 2.34. The third-order valence-corrected chi connectivity index (χ3v) is 3.54. The van der Waals surface area contributed by atoms with Gasteiger partial charge in [-0.1, -0.05) is 0 Å². The van der Waals surface area contributed by atoms with Crippen LogP contribution in [-0.2, 0) is 11.3 Å². The van der Waals surface area contributed by atoms with E-state index in [1.165, 1.54) is 0 Å². The third kappa shape index (κ3) is 3.07. The van der Waals surface area contributed by atoms with Crippen LogP contribution in [0.5, 0.6) is 0 Å². The number of amides is 1. The largest absolute Gasteiger partial charge is 0.340 e. The van der Waals surface area contributed by atoms with Crippen molar-refractivity contribution < 1.29 is 13.6 Å². The second-order valence-corrected chi connectivity index (χ2v) is 5.01. The van der Waals surface area contributed by atoms with Crippen molar-refractivity contribution in [2.24, 2.45) is 0 Å². The minimum atomic E-state index is -0.673. The second kappa shape index (κ2) is 5.61. The second-order valence-electron chi connectivity index (χ2n) is 5.01. The normalized spacial score (nSPS) is 24.5. The van der Waals surface area contributed by atoms with E-state index < -0.39 is 11.6 Å². The van der Waals surface area contributed by atoms with Crippen LogP contribution in [0.3, 0.4) is 0 Å². The molecular weight excluding hydrogens is 252 g/mol. The molecule has 2 atom stereocenters. The Kier molecular flexibility index (Phi) is 4.09. The molecule has 1 amide bonds. The molecule has 19 heavy (non-hydrogen) atoms. The molecule has 1 aromatic rings. The van der Waals surface area contributed by atoms with Gasteiger partial charge in [0.1, 0.15) is 11.6 Å². The highest BCUT2D eigenvalue weighted by Gasteiger charge is 2.28. The standard InChI is InChI=1S/C13H17F2N3O/c1-9-6-18(8-19)10(2)5-17(9)7-13-12(15)3-11(14)4-16-13/h3-4,8-10H,5-7H2,1-2H3/t9-,10+/m0/s1. The number of halogens is 2. The molecule has 6 heteroatoms. The Morgan fingerprint density at radius 1 is 1.37 bits per heavy atom. The topological polar surface area (TPSA) is 36.4 Å². The number of aromatic nitrogens is 1. The van der Waals surface area contributed by atoms with E-state index in [0.717, 1.165) is 18.7 Å². The molecule has 0 N–H and O–H groups in total. The van der Waals surface area contributed by atoms with Gasteiger partial charge in [0.15, 0.2) is 0 Å². The smallest absolute Gasteiger partial charge is 0.210 e. The van der Waals surface area contributed by atoms with E-state index in [9.17, 15) is 13.6 Å². The van der Waals surface area contributed by atoms with Gasteiger partial charge in [0, 0.05) is 37.8 Å². The minimum Gasteiger partial charge on any atom is -0.340 e. The highest BCUT2D eigenvalue weighted by molar-refractivity contribution is 5.48. The van der Waals surface area contributed by atoms with Crippen LogP contribution >= 0.6 is 0 Å². The number of piperazine rings is 1. The molecule has 1 aliphatic heterocycles. The maximum atomic E-state index is 13.6. The lowest BCUT2D eigenvalue weighted by atomic mass is 10.1. The Morgan fingerprint density at radius 3 is 2.74 bits per heavy atom. The molecule has 104 valence electrons. The molecule has 0 aliphatic carbocycles. The molecule has 0 spiro atoms. The van der Waals surface area contributed by atoms with Crippen molar-refractivity contribution in [3.05, 3.63) is 29.6 Å². The van der Waals surface area contributed by atoms with Gasteiger partial charge in [0.05, 0.1) is 11.9 Å². The number of carbonyl (C=O) groups is 1. The fourth-order valence-corrected chi connectivity index (χ4v) is 2.34. The molecule has 1 aromatic heterocycles. The summed E-state index contributed by atoms with van der Waals surface area (Å²) in [5.41, 5.74) is 0.236. The van der Waals surface area contributed by atoms with Gasteiger partial charge in [-0.05, 0) is 13.8 Å². The summed E-state index contributed by atoms with van der Waals surface area (Å²) in [5.74, 6) is -1.30.